The molecule has 1 amide bonds. The summed E-state index contributed by atoms with van der Waals surface area (Å²) in [6.45, 7) is 5.21. The molecule has 1 N–H and O–H groups in total. The molecule has 0 aliphatic carbocycles. The van der Waals surface area contributed by atoms with Gasteiger partial charge in [0.05, 0.1) is 22.2 Å². The van der Waals surface area contributed by atoms with Crippen LogP contribution in [0, 0.1) is 20.8 Å². The lowest BCUT2D eigenvalue weighted by Gasteiger charge is -2.24. The fourth-order valence-corrected chi connectivity index (χ4v) is 5.61. The van der Waals surface area contributed by atoms with Crippen molar-refractivity contribution in [1.82, 2.24) is 4.31 Å². The van der Waals surface area contributed by atoms with Crippen molar-refractivity contribution in [2.24, 2.45) is 0 Å². The molecule has 0 unspecified atom stereocenters. The van der Waals surface area contributed by atoms with Crippen molar-refractivity contribution >= 4 is 33.2 Å². The van der Waals surface area contributed by atoms with Gasteiger partial charge in [0.2, 0.25) is 15.9 Å². The van der Waals surface area contributed by atoms with Crippen LogP contribution in [-0.2, 0) is 21.4 Å². The molecular weight excluding hydrogens is 432 g/mol. The van der Waals surface area contributed by atoms with E-state index in [1.54, 1.807) is 38.1 Å². The third-order valence-corrected chi connectivity index (χ3v) is 7.30. The molecule has 0 radical (unpaired) electrons. The molecule has 5 nitrogen and oxygen atoms in total. The van der Waals surface area contributed by atoms with Gasteiger partial charge in [-0.2, -0.15) is 4.31 Å². The Morgan fingerprint density at radius 2 is 1.52 bits per heavy atom. The summed E-state index contributed by atoms with van der Waals surface area (Å²) in [6, 6.07) is 19.7. The van der Waals surface area contributed by atoms with Gasteiger partial charge in [-0.3, -0.25) is 4.79 Å². The number of rotatable bonds is 7. The van der Waals surface area contributed by atoms with Crippen molar-refractivity contribution in [3.63, 3.8) is 0 Å². The van der Waals surface area contributed by atoms with Gasteiger partial charge in [0.25, 0.3) is 0 Å². The lowest BCUT2D eigenvalue weighted by atomic mass is 10.1. The minimum absolute atomic E-state index is 0.0753. The lowest BCUT2D eigenvalue weighted by Crippen LogP contribution is -2.38. The van der Waals surface area contributed by atoms with E-state index in [1.807, 2.05) is 49.4 Å². The summed E-state index contributed by atoms with van der Waals surface area (Å²) in [6.07, 6.45) is 0. The molecule has 0 fully saturated rings. The number of halogens is 1. The maximum Gasteiger partial charge on any atom is 0.244 e. The minimum atomic E-state index is -3.94. The fraction of sp³-hybridized carbons (Fsp3) is 0.208. The van der Waals surface area contributed by atoms with Crippen LogP contribution in [0.4, 0.5) is 5.69 Å². The van der Waals surface area contributed by atoms with Crippen LogP contribution in [0.15, 0.2) is 71.6 Å². The highest BCUT2D eigenvalue weighted by Crippen LogP contribution is 2.27. The molecule has 3 rings (SSSR count). The summed E-state index contributed by atoms with van der Waals surface area (Å²) in [7, 11) is -3.94. The summed E-state index contributed by atoms with van der Waals surface area (Å²) in [4.78, 5) is 13.0. The number of carbonyl (C=O) groups is 1. The Labute approximate surface area is 188 Å². The molecule has 0 spiro atoms. The predicted molar refractivity (Wildman–Crippen MR) is 125 cm³/mol. The zero-order chi connectivity index (χ0) is 22.6. The number of nitrogens with one attached hydrogen (secondary N) is 1. The number of benzene rings is 3. The number of hydrogen-bond acceptors (Lipinski definition) is 3. The molecule has 31 heavy (non-hydrogen) atoms. The second-order valence-corrected chi connectivity index (χ2v) is 9.80. The largest absolute Gasteiger partial charge is 0.324 e. The highest BCUT2D eigenvalue weighted by atomic mass is 35.5. The maximum atomic E-state index is 13.7. The van der Waals surface area contributed by atoms with Crippen molar-refractivity contribution < 1.29 is 13.2 Å². The molecule has 162 valence electrons. The molecular formula is C24H25ClN2O3S. The summed E-state index contributed by atoms with van der Waals surface area (Å²) in [5.41, 5.74) is 3.53. The van der Waals surface area contributed by atoms with E-state index in [4.69, 9.17) is 11.6 Å². The van der Waals surface area contributed by atoms with Gasteiger partial charge in [0.15, 0.2) is 0 Å². The zero-order valence-electron chi connectivity index (χ0n) is 17.7. The van der Waals surface area contributed by atoms with Crippen molar-refractivity contribution in [3.05, 3.63) is 94.0 Å². The third kappa shape index (κ3) is 5.53. The monoisotopic (exact) mass is 456 g/mol. The maximum absolute atomic E-state index is 13.7. The zero-order valence-corrected chi connectivity index (χ0v) is 19.3. The van der Waals surface area contributed by atoms with Crippen molar-refractivity contribution in [1.29, 1.82) is 0 Å². The molecule has 3 aromatic carbocycles. The van der Waals surface area contributed by atoms with Crippen LogP contribution < -0.4 is 5.32 Å². The molecule has 7 heteroatoms. The summed E-state index contributed by atoms with van der Waals surface area (Å²) in [5, 5.41) is 3.10. The van der Waals surface area contributed by atoms with Gasteiger partial charge in [-0.25, -0.2) is 8.42 Å². The molecule has 3 aromatic rings. The first kappa shape index (κ1) is 23.0. The topological polar surface area (TPSA) is 66.5 Å². The van der Waals surface area contributed by atoms with Gasteiger partial charge >= 0.3 is 0 Å². The summed E-state index contributed by atoms with van der Waals surface area (Å²) >= 11 is 6.13. The lowest BCUT2D eigenvalue weighted by molar-refractivity contribution is -0.116. The Hall–Kier alpha value is -2.67. The quantitative estimate of drug-likeness (QED) is 0.538. The van der Waals surface area contributed by atoms with Crippen LogP contribution in [-0.4, -0.2) is 25.2 Å². The second kappa shape index (κ2) is 9.64. The van der Waals surface area contributed by atoms with E-state index in [9.17, 15) is 13.2 Å². The first-order chi connectivity index (χ1) is 14.7. The van der Waals surface area contributed by atoms with Gasteiger partial charge in [-0.1, -0.05) is 71.8 Å². The average molecular weight is 457 g/mol. The normalized spacial score (nSPS) is 11.5. The van der Waals surface area contributed by atoms with E-state index in [-0.39, 0.29) is 18.0 Å². The van der Waals surface area contributed by atoms with E-state index >= 15 is 0 Å². The highest BCUT2D eigenvalue weighted by molar-refractivity contribution is 7.89. The number of hydrogen-bond donors (Lipinski definition) is 1. The first-order valence-corrected chi connectivity index (χ1v) is 11.7. The molecule has 0 saturated heterocycles. The Morgan fingerprint density at radius 1 is 0.935 bits per heavy atom. The number of carbonyl (C=O) groups excluding carboxylic acids is 1. The van der Waals surface area contributed by atoms with Gasteiger partial charge in [0, 0.05) is 6.54 Å². The Balaban J connectivity index is 1.96. The molecule has 0 aliphatic rings. The number of sulfonamides is 1. The van der Waals surface area contributed by atoms with E-state index < -0.39 is 15.9 Å². The van der Waals surface area contributed by atoms with Gasteiger partial charge in [-0.05, 0) is 49.6 Å². The fourth-order valence-electron chi connectivity index (χ4n) is 3.63. The molecule has 0 saturated carbocycles. The van der Waals surface area contributed by atoms with E-state index in [0.717, 1.165) is 11.1 Å². The van der Waals surface area contributed by atoms with E-state index in [2.05, 4.69) is 5.32 Å². The first-order valence-electron chi connectivity index (χ1n) is 9.85. The van der Waals surface area contributed by atoms with Crippen LogP contribution in [0.25, 0.3) is 0 Å². The van der Waals surface area contributed by atoms with E-state index in [0.29, 0.717) is 21.8 Å². The second-order valence-electron chi connectivity index (χ2n) is 7.51. The average Bonchev–Trinajstić information content (AvgIpc) is 2.69. The van der Waals surface area contributed by atoms with Crippen LogP contribution in [0.1, 0.15) is 22.3 Å². The van der Waals surface area contributed by atoms with Gasteiger partial charge < -0.3 is 5.32 Å². The standard InChI is InChI=1S/C24H25ClN2O3S/c1-17-13-18(2)24(19(3)14-17)31(29,30)27(15-20-9-5-4-6-10-20)16-23(28)26-22-12-8-7-11-21(22)25/h4-14H,15-16H2,1-3H3,(H,26,28). The Kier molecular flexibility index (Phi) is 7.15. The number of aryl methyl sites for hydroxylation is 3. The van der Waals surface area contributed by atoms with Gasteiger partial charge in [0.1, 0.15) is 0 Å². The van der Waals surface area contributed by atoms with Crippen LogP contribution >= 0.6 is 11.6 Å². The van der Waals surface area contributed by atoms with E-state index in [1.165, 1.54) is 4.31 Å². The summed E-state index contributed by atoms with van der Waals surface area (Å²) < 4.78 is 28.5. The number of amides is 1. The van der Waals surface area contributed by atoms with Crippen LogP contribution in [0.5, 0.6) is 0 Å². The Bertz CT molecular complexity index is 1170. The molecule has 0 atom stereocenters. The SMILES string of the molecule is Cc1cc(C)c(S(=O)(=O)N(CC(=O)Nc2ccccc2Cl)Cc2ccccc2)c(C)c1. The smallest absolute Gasteiger partial charge is 0.244 e. The minimum Gasteiger partial charge on any atom is -0.324 e. The summed E-state index contributed by atoms with van der Waals surface area (Å²) in [5.74, 6) is -0.463. The third-order valence-electron chi connectivity index (χ3n) is 4.87. The van der Waals surface area contributed by atoms with Crippen molar-refractivity contribution in [3.8, 4) is 0 Å². The van der Waals surface area contributed by atoms with Crippen molar-refractivity contribution in [2.75, 3.05) is 11.9 Å². The Morgan fingerprint density at radius 3 is 2.13 bits per heavy atom. The molecule has 0 aromatic heterocycles. The molecule has 0 heterocycles. The number of anilines is 1. The number of nitrogens with zero attached hydrogens (tertiary/aromatic N) is 1. The molecule has 0 aliphatic heterocycles. The van der Waals surface area contributed by atoms with Gasteiger partial charge in [-0.15, -0.1) is 0 Å². The van der Waals surface area contributed by atoms with Crippen LogP contribution in [0.2, 0.25) is 5.02 Å². The van der Waals surface area contributed by atoms with Crippen molar-refractivity contribution in [2.45, 2.75) is 32.2 Å². The predicted octanol–water partition coefficient (Wildman–Crippen LogP) is 5.09. The number of para-hydroxylation sites is 1. The molecule has 0 bridgehead atoms. The van der Waals surface area contributed by atoms with Crippen LogP contribution in [0.3, 0.4) is 0 Å². The highest BCUT2D eigenvalue weighted by Gasteiger charge is 2.30.